The van der Waals surface area contributed by atoms with Gasteiger partial charge in [-0.3, -0.25) is 4.79 Å². The lowest BCUT2D eigenvalue weighted by Crippen LogP contribution is -2.51. The molecule has 2 unspecified atom stereocenters. The molecule has 1 amide bonds. The van der Waals surface area contributed by atoms with Crippen LogP contribution in [0.3, 0.4) is 0 Å². The summed E-state index contributed by atoms with van der Waals surface area (Å²) in [6.07, 6.45) is 5.12. The van der Waals surface area contributed by atoms with Crippen LogP contribution in [0.4, 0.5) is 0 Å². The van der Waals surface area contributed by atoms with Crippen LogP contribution in [0.25, 0.3) is 0 Å². The summed E-state index contributed by atoms with van der Waals surface area (Å²) in [6.45, 7) is 2.07. The summed E-state index contributed by atoms with van der Waals surface area (Å²) in [5.74, 6) is 0.264. The molecular weight excluding hydrogens is 228 g/mol. The molecule has 94 valence electrons. The van der Waals surface area contributed by atoms with Gasteiger partial charge in [-0.15, -0.1) is 12.4 Å². The number of ether oxygens (including phenoxy) is 1. The standard InChI is InChI=1S/C11H20N2O2.ClH/c12-6-2-5-11(14)13-7-8-15-10-4-1-3-9(10)13;/h9-10H,1-8,12H2;1H. The van der Waals surface area contributed by atoms with Crippen LogP contribution in [0.2, 0.25) is 0 Å². The first-order chi connectivity index (χ1) is 7.33. The first kappa shape index (κ1) is 13.7. The van der Waals surface area contributed by atoms with E-state index >= 15 is 0 Å². The van der Waals surface area contributed by atoms with Crippen LogP contribution in [0.5, 0.6) is 0 Å². The highest BCUT2D eigenvalue weighted by Gasteiger charge is 2.37. The van der Waals surface area contributed by atoms with Gasteiger partial charge in [0.25, 0.3) is 0 Å². The van der Waals surface area contributed by atoms with E-state index in [1.807, 2.05) is 4.90 Å². The highest BCUT2D eigenvalue weighted by atomic mass is 35.5. The largest absolute Gasteiger partial charge is 0.374 e. The molecule has 0 aromatic rings. The van der Waals surface area contributed by atoms with E-state index in [2.05, 4.69) is 0 Å². The average molecular weight is 249 g/mol. The summed E-state index contributed by atoms with van der Waals surface area (Å²) in [7, 11) is 0. The van der Waals surface area contributed by atoms with E-state index in [0.717, 1.165) is 25.8 Å². The van der Waals surface area contributed by atoms with Gasteiger partial charge in [-0.2, -0.15) is 0 Å². The second kappa shape index (κ2) is 6.42. The summed E-state index contributed by atoms with van der Waals surface area (Å²) in [6, 6.07) is 0.351. The van der Waals surface area contributed by atoms with Gasteiger partial charge >= 0.3 is 0 Å². The van der Waals surface area contributed by atoms with E-state index < -0.39 is 0 Å². The number of nitrogens with two attached hydrogens (primary N) is 1. The fraction of sp³-hybridized carbons (Fsp3) is 0.909. The van der Waals surface area contributed by atoms with Gasteiger partial charge in [-0.05, 0) is 32.2 Å². The first-order valence-corrected chi connectivity index (χ1v) is 5.94. The quantitative estimate of drug-likeness (QED) is 0.808. The number of carbonyl (C=O) groups excluding carboxylic acids is 1. The van der Waals surface area contributed by atoms with Crippen LogP contribution in [-0.4, -0.2) is 42.6 Å². The third-order valence-electron chi connectivity index (χ3n) is 3.40. The molecule has 2 N–H and O–H groups in total. The third-order valence-corrected chi connectivity index (χ3v) is 3.40. The topological polar surface area (TPSA) is 55.6 Å². The minimum atomic E-state index is 0. The molecule has 2 fully saturated rings. The summed E-state index contributed by atoms with van der Waals surface area (Å²) in [5, 5.41) is 0. The summed E-state index contributed by atoms with van der Waals surface area (Å²) in [4.78, 5) is 13.9. The van der Waals surface area contributed by atoms with E-state index in [1.54, 1.807) is 0 Å². The van der Waals surface area contributed by atoms with Crippen LogP contribution < -0.4 is 5.73 Å². The number of hydrogen-bond donors (Lipinski definition) is 1. The van der Waals surface area contributed by atoms with E-state index in [9.17, 15) is 4.79 Å². The molecule has 1 aliphatic heterocycles. The maximum atomic E-state index is 11.9. The molecule has 1 saturated heterocycles. The zero-order valence-corrected chi connectivity index (χ0v) is 10.4. The van der Waals surface area contributed by atoms with Crippen molar-refractivity contribution in [3.05, 3.63) is 0 Å². The molecule has 2 atom stereocenters. The SMILES string of the molecule is Cl.NCCCC(=O)N1CCOC2CCCC21. The Morgan fingerprint density at radius 1 is 1.44 bits per heavy atom. The molecule has 5 heteroatoms. The predicted molar refractivity (Wildman–Crippen MR) is 64.6 cm³/mol. The minimum Gasteiger partial charge on any atom is -0.374 e. The second-order valence-corrected chi connectivity index (χ2v) is 4.39. The normalized spacial score (nSPS) is 28.4. The van der Waals surface area contributed by atoms with Crippen LogP contribution in [0, 0.1) is 0 Å². The van der Waals surface area contributed by atoms with Crippen LogP contribution in [-0.2, 0) is 9.53 Å². The average Bonchev–Trinajstić information content (AvgIpc) is 2.73. The maximum absolute atomic E-state index is 11.9. The van der Waals surface area contributed by atoms with Crippen molar-refractivity contribution in [2.75, 3.05) is 19.7 Å². The third kappa shape index (κ3) is 2.87. The summed E-state index contributed by atoms with van der Waals surface area (Å²) < 4.78 is 5.67. The lowest BCUT2D eigenvalue weighted by atomic mass is 10.1. The highest BCUT2D eigenvalue weighted by molar-refractivity contribution is 5.85. The fourth-order valence-corrected chi connectivity index (χ4v) is 2.63. The molecule has 0 aromatic heterocycles. The zero-order valence-electron chi connectivity index (χ0n) is 9.56. The molecule has 0 radical (unpaired) electrons. The lowest BCUT2D eigenvalue weighted by Gasteiger charge is -2.37. The van der Waals surface area contributed by atoms with Crippen molar-refractivity contribution >= 4 is 18.3 Å². The van der Waals surface area contributed by atoms with Crippen molar-refractivity contribution in [1.29, 1.82) is 0 Å². The Hall–Kier alpha value is -0.320. The van der Waals surface area contributed by atoms with E-state index in [4.69, 9.17) is 10.5 Å². The number of carbonyl (C=O) groups is 1. The van der Waals surface area contributed by atoms with Crippen LogP contribution in [0.15, 0.2) is 0 Å². The Morgan fingerprint density at radius 2 is 2.25 bits per heavy atom. The van der Waals surface area contributed by atoms with Gasteiger partial charge in [-0.1, -0.05) is 0 Å². The molecule has 4 nitrogen and oxygen atoms in total. The zero-order chi connectivity index (χ0) is 10.7. The smallest absolute Gasteiger partial charge is 0.223 e. The van der Waals surface area contributed by atoms with Gasteiger partial charge in [0, 0.05) is 13.0 Å². The van der Waals surface area contributed by atoms with Crippen molar-refractivity contribution in [2.45, 2.75) is 44.2 Å². The number of morpholine rings is 1. The molecule has 1 aliphatic carbocycles. The Bertz CT molecular complexity index is 238. The monoisotopic (exact) mass is 248 g/mol. The minimum absolute atomic E-state index is 0. The Labute approximate surface area is 103 Å². The fourth-order valence-electron chi connectivity index (χ4n) is 2.63. The molecule has 0 bridgehead atoms. The van der Waals surface area contributed by atoms with Crippen molar-refractivity contribution < 1.29 is 9.53 Å². The highest BCUT2D eigenvalue weighted by Crippen LogP contribution is 2.29. The van der Waals surface area contributed by atoms with Crippen molar-refractivity contribution in [3.63, 3.8) is 0 Å². The molecule has 2 aliphatic rings. The molecule has 1 saturated carbocycles. The van der Waals surface area contributed by atoms with Crippen LogP contribution in [0.1, 0.15) is 32.1 Å². The lowest BCUT2D eigenvalue weighted by molar-refractivity contribution is -0.144. The molecule has 0 aromatic carbocycles. The maximum Gasteiger partial charge on any atom is 0.223 e. The van der Waals surface area contributed by atoms with Crippen molar-refractivity contribution in [3.8, 4) is 0 Å². The number of amides is 1. The Balaban J connectivity index is 0.00000128. The van der Waals surface area contributed by atoms with Gasteiger partial charge in [0.1, 0.15) is 0 Å². The van der Waals surface area contributed by atoms with E-state index in [1.165, 1.54) is 6.42 Å². The van der Waals surface area contributed by atoms with Crippen molar-refractivity contribution in [2.24, 2.45) is 5.73 Å². The number of nitrogens with zero attached hydrogens (tertiary/aromatic N) is 1. The number of rotatable bonds is 3. The molecular formula is C11H21ClN2O2. The predicted octanol–water partition coefficient (Wildman–Crippen LogP) is 0.927. The number of fused-ring (bicyclic) bond motifs is 1. The van der Waals surface area contributed by atoms with Gasteiger partial charge in [-0.25, -0.2) is 0 Å². The first-order valence-electron chi connectivity index (χ1n) is 5.94. The van der Waals surface area contributed by atoms with Gasteiger partial charge in [0.2, 0.25) is 5.91 Å². The Morgan fingerprint density at radius 3 is 3.00 bits per heavy atom. The van der Waals surface area contributed by atoms with E-state index in [0.29, 0.717) is 31.7 Å². The molecule has 2 rings (SSSR count). The molecule has 1 heterocycles. The van der Waals surface area contributed by atoms with Gasteiger partial charge in [0.15, 0.2) is 0 Å². The van der Waals surface area contributed by atoms with Crippen LogP contribution >= 0.6 is 12.4 Å². The molecule has 16 heavy (non-hydrogen) atoms. The molecule has 0 spiro atoms. The van der Waals surface area contributed by atoms with Gasteiger partial charge in [0.05, 0.1) is 18.8 Å². The number of halogens is 1. The summed E-state index contributed by atoms with van der Waals surface area (Å²) >= 11 is 0. The van der Waals surface area contributed by atoms with Gasteiger partial charge < -0.3 is 15.4 Å². The summed E-state index contributed by atoms with van der Waals surface area (Å²) in [5.41, 5.74) is 5.42. The van der Waals surface area contributed by atoms with Crippen molar-refractivity contribution in [1.82, 2.24) is 4.90 Å². The second-order valence-electron chi connectivity index (χ2n) is 4.39. The Kier molecular flexibility index (Phi) is 5.52. The van der Waals surface area contributed by atoms with E-state index in [-0.39, 0.29) is 18.3 Å². The number of hydrogen-bond acceptors (Lipinski definition) is 3.